The molecule has 1 heterocycles. The molecule has 2 aliphatic rings. The third kappa shape index (κ3) is 2.98. The maximum Gasteiger partial charge on any atom is 0.237 e. The van der Waals surface area contributed by atoms with Crippen LogP contribution in [0.3, 0.4) is 0 Å². The van der Waals surface area contributed by atoms with Crippen molar-refractivity contribution in [1.29, 1.82) is 0 Å². The molecule has 2 N–H and O–H groups in total. The maximum atomic E-state index is 12.1. The van der Waals surface area contributed by atoms with E-state index >= 15 is 0 Å². The number of ether oxygens (including phenoxy) is 1. The number of hydrogen-bond donors (Lipinski definition) is 2. The third-order valence-electron chi connectivity index (χ3n) is 4.41. The highest BCUT2D eigenvalue weighted by atomic mass is 35.5. The molecular formula is C13H25ClN2O2. The quantitative estimate of drug-likeness (QED) is 0.821. The van der Waals surface area contributed by atoms with Crippen LogP contribution in [0, 0.1) is 5.41 Å². The van der Waals surface area contributed by atoms with E-state index in [-0.39, 0.29) is 41.9 Å². The van der Waals surface area contributed by atoms with Crippen LogP contribution >= 0.6 is 12.4 Å². The minimum Gasteiger partial charge on any atom is -0.381 e. The molecule has 4 nitrogen and oxygen atoms in total. The van der Waals surface area contributed by atoms with Crippen LogP contribution in [-0.4, -0.2) is 37.7 Å². The van der Waals surface area contributed by atoms with E-state index in [1.807, 2.05) is 0 Å². The molecule has 0 spiro atoms. The summed E-state index contributed by atoms with van der Waals surface area (Å²) in [6, 6.07) is 0.268. The number of halogens is 1. The first kappa shape index (κ1) is 15.7. The number of methoxy groups -OCH3 is 1. The Morgan fingerprint density at radius 3 is 2.61 bits per heavy atom. The van der Waals surface area contributed by atoms with Gasteiger partial charge in [0, 0.05) is 18.6 Å². The van der Waals surface area contributed by atoms with Gasteiger partial charge in [-0.05, 0) is 25.8 Å². The third-order valence-corrected chi connectivity index (χ3v) is 4.41. The number of hydrogen-bond acceptors (Lipinski definition) is 3. The van der Waals surface area contributed by atoms with E-state index in [1.54, 1.807) is 7.11 Å². The Labute approximate surface area is 116 Å². The van der Waals surface area contributed by atoms with Crippen LogP contribution in [0.25, 0.3) is 0 Å². The van der Waals surface area contributed by atoms with Gasteiger partial charge in [-0.1, -0.05) is 20.3 Å². The van der Waals surface area contributed by atoms with E-state index in [0.29, 0.717) is 0 Å². The fourth-order valence-corrected chi connectivity index (χ4v) is 2.88. The lowest BCUT2D eigenvalue weighted by Gasteiger charge is -2.51. The summed E-state index contributed by atoms with van der Waals surface area (Å²) in [5, 5.41) is 6.44. The highest BCUT2D eigenvalue weighted by Gasteiger charge is 2.49. The van der Waals surface area contributed by atoms with Crippen LogP contribution < -0.4 is 10.6 Å². The Morgan fingerprint density at radius 1 is 1.39 bits per heavy atom. The number of piperidine rings is 1. The molecule has 0 aromatic carbocycles. The van der Waals surface area contributed by atoms with Crippen molar-refractivity contribution in [2.24, 2.45) is 5.41 Å². The molecule has 1 aliphatic heterocycles. The van der Waals surface area contributed by atoms with Gasteiger partial charge in [0.15, 0.2) is 0 Å². The lowest BCUT2D eigenvalue weighted by molar-refractivity contribution is -0.134. The second kappa shape index (κ2) is 6.22. The van der Waals surface area contributed by atoms with E-state index in [0.717, 1.165) is 25.8 Å². The molecule has 0 aromatic rings. The zero-order chi connectivity index (χ0) is 12.5. The molecule has 1 aliphatic carbocycles. The number of nitrogens with one attached hydrogen (secondary N) is 2. The lowest BCUT2D eigenvalue weighted by Crippen LogP contribution is -2.64. The Bertz CT molecular complexity index is 291. The molecule has 1 saturated carbocycles. The molecule has 1 saturated heterocycles. The normalized spacial score (nSPS) is 34.1. The number of amides is 1. The van der Waals surface area contributed by atoms with Gasteiger partial charge in [-0.25, -0.2) is 0 Å². The number of carbonyl (C=O) groups excluding carboxylic acids is 1. The molecular weight excluding hydrogens is 252 g/mol. The van der Waals surface area contributed by atoms with E-state index in [1.165, 1.54) is 6.42 Å². The van der Waals surface area contributed by atoms with Crippen molar-refractivity contribution in [3.8, 4) is 0 Å². The average molecular weight is 277 g/mol. The maximum absolute atomic E-state index is 12.1. The first-order chi connectivity index (χ1) is 8.05. The minimum atomic E-state index is 0. The van der Waals surface area contributed by atoms with Crippen LogP contribution in [0.15, 0.2) is 0 Å². The van der Waals surface area contributed by atoms with Crippen molar-refractivity contribution in [2.45, 2.75) is 57.7 Å². The van der Waals surface area contributed by atoms with Crippen LogP contribution in [-0.2, 0) is 9.53 Å². The van der Waals surface area contributed by atoms with Crippen molar-refractivity contribution in [2.75, 3.05) is 13.7 Å². The molecule has 2 fully saturated rings. The van der Waals surface area contributed by atoms with Gasteiger partial charge in [-0.3, -0.25) is 4.79 Å². The zero-order valence-electron chi connectivity index (χ0n) is 11.5. The molecule has 0 aromatic heterocycles. The lowest BCUT2D eigenvalue weighted by atomic mass is 9.64. The van der Waals surface area contributed by atoms with E-state index < -0.39 is 0 Å². The fraction of sp³-hybridized carbons (Fsp3) is 0.923. The molecule has 1 amide bonds. The van der Waals surface area contributed by atoms with Crippen molar-refractivity contribution < 1.29 is 9.53 Å². The van der Waals surface area contributed by atoms with Crippen LogP contribution in [0.5, 0.6) is 0 Å². The van der Waals surface area contributed by atoms with Crippen LogP contribution in [0.4, 0.5) is 0 Å². The van der Waals surface area contributed by atoms with Gasteiger partial charge in [-0.15, -0.1) is 12.4 Å². The van der Waals surface area contributed by atoms with Gasteiger partial charge >= 0.3 is 0 Å². The zero-order valence-corrected chi connectivity index (χ0v) is 12.3. The van der Waals surface area contributed by atoms with Gasteiger partial charge in [0.2, 0.25) is 5.91 Å². The summed E-state index contributed by atoms with van der Waals surface area (Å²) in [4.78, 5) is 12.1. The predicted molar refractivity (Wildman–Crippen MR) is 74.0 cm³/mol. The monoisotopic (exact) mass is 276 g/mol. The Morgan fingerprint density at radius 2 is 2.11 bits per heavy atom. The Hall–Kier alpha value is -0.320. The summed E-state index contributed by atoms with van der Waals surface area (Å²) in [5.41, 5.74) is 0.0546. The molecule has 3 unspecified atom stereocenters. The SMILES string of the molecule is COC1CC(NC(=O)C2CCCCN2)C1(C)C.Cl. The molecule has 106 valence electrons. The van der Waals surface area contributed by atoms with Gasteiger partial charge in [-0.2, -0.15) is 0 Å². The van der Waals surface area contributed by atoms with Crippen LogP contribution in [0.1, 0.15) is 39.5 Å². The van der Waals surface area contributed by atoms with Crippen molar-refractivity contribution >= 4 is 18.3 Å². The molecule has 5 heteroatoms. The summed E-state index contributed by atoms with van der Waals surface area (Å²) in [7, 11) is 1.74. The van der Waals surface area contributed by atoms with Gasteiger partial charge in [0.1, 0.15) is 0 Å². The van der Waals surface area contributed by atoms with Crippen molar-refractivity contribution in [1.82, 2.24) is 10.6 Å². The largest absolute Gasteiger partial charge is 0.381 e. The number of rotatable bonds is 3. The van der Waals surface area contributed by atoms with E-state index in [2.05, 4.69) is 24.5 Å². The molecule has 0 bridgehead atoms. The summed E-state index contributed by atoms with van der Waals surface area (Å²) < 4.78 is 5.39. The summed E-state index contributed by atoms with van der Waals surface area (Å²) in [6.07, 6.45) is 4.51. The molecule has 2 rings (SSSR count). The summed E-state index contributed by atoms with van der Waals surface area (Å²) in [6.45, 7) is 5.28. The Kier molecular flexibility index (Phi) is 5.44. The molecule has 0 radical (unpaired) electrons. The second-order valence-corrected chi connectivity index (χ2v) is 5.85. The highest BCUT2D eigenvalue weighted by molar-refractivity contribution is 5.85. The first-order valence-corrected chi connectivity index (χ1v) is 6.62. The predicted octanol–water partition coefficient (Wildman–Crippen LogP) is 1.48. The fourth-order valence-electron chi connectivity index (χ4n) is 2.88. The molecule has 3 atom stereocenters. The van der Waals surface area contributed by atoms with E-state index in [4.69, 9.17) is 4.74 Å². The highest BCUT2D eigenvalue weighted by Crippen LogP contribution is 2.42. The molecule has 18 heavy (non-hydrogen) atoms. The Balaban J connectivity index is 0.00000162. The topological polar surface area (TPSA) is 50.4 Å². The standard InChI is InChI=1S/C13H24N2O2.ClH/c1-13(2)10(8-11(13)17-3)15-12(16)9-6-4-5-7-14-9;/h9-11,14H,4-8H2,1-3H3,(H,15,16);1H. The van der Waals surface area contributed by atoms with Gasteiger partial charge in [0.25, 0.3) is 0 Å². The second-order valence-electron chi connectivity index (χ2n) is 5.85. The van der Waals surface area contributed by atoms with E-state index in [9.17, 15) is 4.79 Å². The first-order valence-electron chi connectivity index (χ1n) is 6.62. The van der Waals surface area contributed by atoms with Crippen LogP contribution in [0.2, 0.25) is 0 Å². The van der Waals surface area contributed by atoms with Gasteiger partial charge < -0.3 is 15.4 Å². The van der Waals surface area contributed by atoms with Crippen molar-refractivity contribution in [3.63, 3.8) is 0 Å². The average Bonchev–Trinajstić information content (AvgIpc) is 2.34. The number of carbonyl (C=O) groups is 1. The summed E-state index contributed by atoms with van der Waals surface area (Å²) >= 11 is 0. The summed E-state index contributed by atoms with van der Waals surface area (Å²) in [5.74, 6) is 0.164. The van der Waals surface area contributed by atoms with Crippen molar-refractivity contribution in [3.05, 3.63) is 0 Å². The minimum absolute atomic E-state index is 0. The van der Waals surface area contributed by atoms with Gasteiger partial charge in [0.05, 0.1) is 12.1 Å². The smallest absolute Gasteiger partial charge is 0.237 e.